The first-order chi connectivity index (χ1) is 45.6. The second-order valence-corrected chi connectivity index (χ2v) is 24.0. The second-order valence-electron chi connectivity index (χ2n) is 24.0. The van der Waals surface area contributed by atoms with Gasteiger partial charge in [-0.3, -0.25) is 15.0 Å². The minimum atomic E-state index is -1.82. The van der Waals surface area contributed by atoms with Crippen LogP contribution in [0.3, 0.4) is 0 Å². The van der Waals surface area contributed by atoms with Gasteiger partial charge in [0.15, 0.2) is 16.9 Å². The first-order valence-electron chi connectivity index (χ1n) is 33.6. The van der Waals surface area contributed by atoms with Gasteiger partial charge >= 0.3 is 11.9 Å². The molecule has 0 atom stereocenters. The van der Waals surface area contributed by atoms with Gasteiger partial charge < -0.3 is 52.8 Å². The van der Waals surface area contributed by atoms with Gasteiger partial charge in [-0.1, -0.05) is 18.2 Å². The van der Waals surface area contributed by atoms with E-state index in [1.807, 2.05) is 94.4 Å². The Kier molecular flexibility index (Phi) is 28.1. The third-order valence-electron chi connectivity index (χ3n) is 17.7. The maximum Gasteiger partial charge on any atom is 0.414 e. The van der Waals surface area contributed by atoms with E-state index in [0.29, 0.717) is 37.6 Å². The van der Waals surface area contributed by atoms with Crippen LogP contribution in [0, 0.1) is 17.8 Å². The number of hydrogen-bond acceptors (Lipinski definition) is 17. The Hall–Kier alpha value is -7.99. The number of carbonyl (C=O) groups is 2. The Balaban J connectivity index is 0.000000157. The predicted octanol–water partition coefficient (Wildman–Crippen LogP) is 9.24. The van der Waals surface area contributed by atoms with Gasteiger partial charge in [0, 0.05) is 152 Å². The van der Waals surface area contributed by atoms with Crippen LogP contribution < -0.4 is 0 Å². The number of piperidine rings is 3. The molecule has 12 rings (SSSR count). The largest absolute Gasteiger partial charge is 0.473 e. The molecule has 2 N–H and O–H groups in total. The van der Waals surface area contributed by atoms with Crippen LogP contribution in [0.5, 0.6) is 0 Å². The second kappa shape index (κ2) is 37.6. The minimum Gasteiger partial charge on any atom is -0.473 e. The fourth-order valence-corrected chi connectivity index (χ4v) is 12.6. The molecule has 3 aliphatic heterocycles. The van der Waals surface area contributed by atoms with Crippen molar-refractivity contribution in [3.63, 3.8) is 0 Å². The topological polar surface area (TPSA) is 243 Å². The van der Waals surface area contributed by atoms with E-state index in [0.717, 1.165) is 188 Å². The minimum absolute atomic E-state index is 0.684. The lowest BCUT2D eigenvalue weighted by molar-refractivity contribution is -0.159. The summed E-state index contributed by atoms with van der Waals surface area (Å²) < 4.78 is 23.6. The molecule has 0 amide bonds. The summed E-state index contributed by atoms with van der Waals surface area (Å²) in [6.45, 7) is 23.2. The highest BCUT2D eigenvalue weighted by Crippen LogP contribution is 2.27. The zero-order valence-corrected chi connectivity index (χ0v) is 54.7. The van der Waals surface area contributed by atoms with Crippen molar-refractivity contribution in [2.45, 2.75) is 117 Å². The molecule has 3 saturated heterocycles. The molecule has 0 aliphatic carbocycles. The SMILES string of the molecule is CCOCCn1c(CC2CCN(CCc3ccccn3)CC2)nc2cccnc21.CCOCCn1c(CC2CCN(CCc3ccccn3)CC2)nc2cccnc21.CCOCCn1c(CC2CCN(CCc3ccccn3)CC2)nc2cccnc21.O=C(O)C(=O)O. The average molecular weight is 1270 g/mol. The molecule has 3 aliphatic rings. The van der Waals surface area contributed by atoms with Crippen molar-refractivity contribution in [3.05, 3.63) is 163 Å². The van der Waals surface area contributed by atoms with Gasteiger partial charge in [0.1, 0.15) is 34.0 Å². The number of carboxylic acids is 2. The number of rotatable bonds is 27. The molecule has 93 heavy (non-hydrogen) atoms. The lowest BCUT2D eigenvalue weighted by Gasteiger charge is -2.31. The number of pyridine rings is 6. The van der Waals surface area contributed by atoms with E-state index in [2.05, 4.69) is 113 Å². The van der Waals surface area contributed by atoms with E-state index in [1.165, 1.54) is 55.6 Å². The molecule has 9 aromatic heterocycles. The number of nitrogens with zero attached hydrogens (tertiary/aromatic N) is 15. The predicted molar refractivity (Wildman–Crippen MR) is 360 cm³/mol. The molecule has 22 nitrogen and oxygen atoms in total. The highest BCUT2D eigenvalue weighted by atomic mass is 16.5. The van der Waals surface area contributed by atoms with Crippen LogP contribution in [0.2, 0.25) is 0 Å². The highest BCUT2D eigenvalue weighted by Gasteiger charge is 2.26. The summed E-state index contributed by atoms with van der Waals surface area (Å²) in [5.41, 5.74) is 9.48. The highest BCUT2D eigenvalue weighted by molar-refractivity contribution is 6.27. The van der Waals surface area contributed by atoms with Crippen LogP contribution in [-0.4, -0.2) is 194 Å². The van der Waals surface area contributed by atoms with Gasteiger partial charge in [-0.2, -0.15) is 0 Å². The third kappa shape index (κ3) is 21.8. The van der Waals surface area contributed by atoms with Crippen molar-refractivity contribution in [1.82, 2.24) is 73.3 Å². The smallest absolute Gasteiger partial charge is 0.414 e. The first kappa shape index (κ1) is 69.4. The standard InChI is InChI=1S/3C23H31N5O.C2H2O4/c3*1-2-29-17-16-28-22(26-21-7-5-12-25-23(21)28)18-19-8-13-27(14-9-19)15-10-20-6-3-4-11-24-20;3-1(4)2(5)6/h3*3-7,11-12,19H,2,8-10,13-18H2,1H3;(H,3,4)(H,5,6). The van der Waals surface area contributed by atoms with Crippen molar-refractivity contribution in [1.29, 1.82) is 0 Å². The molecule has 12 heterocycles. The maximum absolute atomic E-state index is 9.10. The normalized spacial score (nSPS) is 15.3. The fourth-order valence-electron chi connectivity index (χ4n) is 12.6. The lowest BCUT2D eigenvalue weighted by atomic mass is 9.93. The number of imidazole rings is 3. The Morgan fingerprint density at radius 1 is 0.387 bits per heavy atom. The number of fused-ring (bicyclic) bond motifs is 3. The van der Waals surface area contributed by atoms with Gasteiger partial charge in [0.25, 0.3) is 0 Å². The molecule has 0 spiro atoms. The van der Waals surface area contributed by atoms with Crippen LogP contribution in [0.1, 0.15) is 93.9 Å². The summed E-state index contributed by atoms with van der Waals surface area (Å²) in [5.74, 6) is 1.88. The average Bonchev–Trinajstić information content (AvgIpc) is 1.74. The van der Waals surface area contributed by atoms with Crippen molar-refractivity contribution in [2.75, 3.05) is 98.5 Å². The van der Waals surface area contributed by atoms with E-state index in [-0.39, 0.29) is 0 Å². The zero-order valence-electron chi connectivity index (χ0n) is 54.7. The summed E-state index contributed by atoms with van der Waals surface area (Å²) in [4.78, 5) is 67.7. The van der Waals surface area contributed by atoms with Crippen molar-refractivity contribution in [2.24, 2.45) is 17.8 Å². The van der Waals surface area contributed by atoms with Crippen molar-refractivity contribution < 1.29 is 34.0 Å². The number of ether oxygens (including phenoxy) is 3. The molecule has 9 aromatic rings. The molecule has 0 radical (unpaired) electrons. The van der Waals surface area contributed by atoms with Gasteiger partial charge in [-0.15, -0.1) is 0 Å². The molecule has 0 unspecified atom stereocenters. The quantitative estimate of drug-likeness (QED) is 0.0360. The lowest BCUT2D eigenvalue weighted by Crippen LogP contribution is -2.36. The van der Waals surface area contributed by atoms with Crippen LogP contribution in [0.4, 0.5) is 0 Å². The van der Waals surface area contributed by atoms with E-state index >= 15 is 0 Å². The molecule has 0 saturated carbocycles. The van der Waals surface area contributed by atoms with Crippen LogP contribution in [0.25, 0.3) is 33.5 Å². The van der Waals surface area contributed by atoms with Crippen molar-refractivity contribution in [3.8, 4) is 0 Å². The first-order valence-corrected chi connectivity index (χ1v) is 33.6. The number of aromatic nitrogens is 12. The summed E-state index contributed by atoms with van der Waals surface area (Å²) in [5, 5.41) is 14.8. The Morgan fingerprint density at radius 2 is 0.667 bits per heavy atom. The summed E-state index contributed by atoms with van der Waals surface area (Å²) in [6, 6.07) is 30.6. The number of carboxylic acid groups (broad SMARTS) is 2. The number of hydrogen-bond donors (Lipinski definition) is 2. The Labute approximate surface area is 546 Å². The molecular formula is C71H95N15O7. The maximum atomic E-state index is 9.10. The van der Waals surface area contributed by atoms with Gasteiger partial charge in [0.2, 0.25) is 0 Å². The summed E-state index contributed by atoms with van der Waals surface area (Å²) >= 11 is 0. The third-order valence-corrected chi connectivity index (χ3v) is 17.7. The molecule has 0 bridgehead atoms. The molecule has 3 fully saturated rings. The molecule has 22 heteroatoms. The Morgan fingerprint density at radius 3 is 0.914 bits per heavy atom. The van der Waals surface area contributed by atoms with Gasteiger partial charge in [-0.25, -0.2) is 39.5 Å². The van der Waals surface area contributed by atoms with Gasteiger partial charge in [0.05, 0.1) is 19.8 Å². The molecule has 496 valence electrons. The van der Waals surface area contributed by atoms with E-state index < -0.39 is 11.9 Å². The fraction of sp³-hybridized carbons (Fsp3) is 0.507. The number of aliphatic carboxylic acids is 2. The van der Waals surface area contributed by atoms with E-state index in [4.69, 9.17) is 49.0 Å². The molecular weight excluding hydrogens is 1170 g/mol. The van der Waals surface area contributed by atoms with Gasteiger partial charge in [-0.05, 0) is 189 Å². The number of likely N-dealkylation sites (tertiary alicyclic amines) is 3. The van der Waals surface area contributed by atoms with Crippen molar-refractivity contribution >= 4 is 45.4 Å². The molecule has 0 aromatic carbocycles. The Bertz CT molecular complexity index is 3240. The zero-order chi connectivity index (χ0) is 64.8. The van der Waals surface area contributed by atoms with E-state index in [1.54, 1.807) is 0 Å². The van der Waals surface area contributed by atoms with Crippen LogP contribution >= 0.6 is 0 Å². The van der Waals surface area contributed by atoms with Crippen LogP contribution in [-0.2, 0) is 82.0 Å². The summed E-state index contributed by atoms with van der Waals surface area (Å²) in [6.07, 6.45) is 24.7. The van der Waals surface area contributed by atoms with Crippen LogP contribution in [0.15, 0.2) is 128 Å². The monoisotopic (exact) mass is 1270 g/mol. The van der Waals surface area contributed by atoms with E-state index in [9.17, 15) is 0 Å². The summed E-state index contributed by atoms with van der Waals surface area (Å²) in [7, 11) is 0.